The van der Waals surface area contributed by atoms with Crippen LogP contribution in [-0.4, -0.2) is 29.5 Å². The summed E-state index contributed by atoms with van der Waals surface area (Å²) in [5.41, 5.74) is 2.48. The molecule has 0 unspecified atom stereocenters. The van der Waals surface area contributed by atoms with Gasteiger partial charge in [-0.25, -0.2) is 4.79 Å². The Balaban J connectivity index is 1.86. The monoisotopic (exact) mass is 453 g/mol. The zero-order chi connectivity index (χ0) is 23.1. The van der Waals surface area contributed by atoms with Crippen LogP contribution in [0, 0.1) is 12.8 Å². The van der Waals surface area contributed by atoms with Crippen LogP contribution in [0.15, 0.2) is 60.7 Å². The van der Waals surface area contributed by atoms with Crippen molar-refractivity contribution in [1.82, 2.24) is 0 Å². The van der Waals surface area contributed by atoms with Crippen molar-refractivity contribution in [3.63, 3.8) is 0 Å². The first-order valence-corrected chi connectivity index (χ1v) is 11.0. The molecule has 32 heavy (non-hydrogen) atoms. The predicted octanol–water partition coefficient (Wildman–Crippen LogP) is 5.64. The summed E-state index contributed by atoms with van der Waals surface area (Å²) >= 11 is 3.91. The normalized spacial score (nSPS) is 12.7. The summed E-state index contributed by atoms with van der Waals surface area (Å²) in [5.74, 6) is -0.400. The molecule has 0 fully saturated rings. The highest BCUT2D eigenvalue weighted by molar-refractivity contribution is 7.81. The summed E-state index contributed by atoms with van der Waals surface area (Å²) in [4.78, 5) is 24.2. The number of benzene rings is 3. The first kappa shape index (κ1) is 23.5. The topological polar surface area (TPSA) is 84.9 Å². The van der Waals surface area contributed by atoms with Crippen molar-refractivity contribution in [2.24, 2.45) is 5.92 Å². The minimum atomic E-state index is -0.624. The van der Waals surface area contributed by atoms with Gasteiger partial charge in [0.1, 0.15) is 11.9 Å². The van der Waals surface area contributed by atoms with Crippen LogP contribution in [-0.2, 0) is 14.3 Å². The molecule has 3 aromatic carbocycles. The van der Waals surface area contributed by atoms with Crippen LogP contribution in [0.25, 0.3) is 10.8 Å². The van der Waals surface area contributed by atoms with Crippen LogP contribution in [0.5, 0.6) is 5.75 Å². The van der Waals surface area contributed by atoms with Gasteiger partial charge in [0.25, 0.3) is 0 Å². The van der Waals surface area contributed by atoms with Crippen molar-refractivity contribution in [1.29, 1.82) is 0 Å². The second-order valence-electron chi connectivity index (χ2n) is 7.68. The Hall–Kier alpha value is -3.19. The largest absolute Gasteiger partial charge is 0.507 e. The Morgan fingerprint density at radius 1 is 1.03 bits per heavy atom. The fraction of sp³-hybridized carbons (Fsp3) is 0.280. The van der Waals surface area contributed by atoms with E-state index in [0.29, 0.717) is 17.5 Å². The molecule has 0 radical (unpaired) electrons. The number of carbonyl (C=O) groups excluding carboxylic acids is 2. The van der Waals surface area contributed by atoms with E-state index in [1.807, 2.05) is 62.4 Å². The summed E-state index contributed by atoms with van der Waals surface area (Å²) in [7, 11) is 0. The van der Waals surface area contributed by atoms with Gasteiger partial charge in [-0.15, -0.1) is 0 Å². The number of ether oxygens (including phenoxy) is 2. The zero-order valence-electron chi connectivity index (χ0n) is 18.1. The number of aromatic hydroxyl groups is 1. The van der Waals surface area contributed by atoms with E-state index in [-0.39, 0.29) is 24.0 Å². The van der Waals surface area contributed by atoms with Crippen LogP contribution in [0.1, 0.15) is 30.6 Å². The molecule has 7 heteroatoms. The predicted molar refractivity (Wildman–Crippen MR) is 128 cm³/mol. The van der Waals surface area contributed by atoms with Crippen molar-refractivity contribution < 1.29 is 24.2 Å². The maximum Gasteiger partial charge on any atom is 0.412 e. The van der Waals surface area contributed by atoms with Gasteiger partial charge in [-0.05, 0) is 36.9 Å². The maximum atomic E-state index is 12.7. The molecule has 2 atom stereocenters. The second-order valence-corrected chi connectivity index (χ2v) is 8.00. The average molecular weight is 454 g/mol. The van der Waals surface area contributed by atoms with E-state index < -0.39 is 18.2 Å². The van der Waals surface area contributed by atoms with Crippen molar-refractivity contribution in [3.05, 3.63) is 71.8 Å². The molecular weight excluding hydrogens is 426 g/mol. The molecule has 0 saturated carbocycles. The Kier molecular flexibility index (Phi) is 8.00. The van der Waals surface area contributed by atoms with E-state index in [0.717, 1.165) is 16.5 Å². The quantitative estimate of drug-likeness (QED) is 0.303. The number of anilines is 1. The van der Waals surface area contributed by atoms with E-state index in [1.54, 1.807) is 12.1 Å². The van der Waals surface area contributed by atoms with Crippen molar-refractivity contribution >= 4 is 41.2 Å². The summed E-state index contributed by atoms with van der Waals surface area (Å²) < 4.78 is 11.0. The minimum Gasteiger partial charge on any atom is -0.507 e. The molecule has 1 amide bonds. The van der Waals surface area contributed by atoms with Crippen LogP contribution in [0.3, 0.4) is 0 Å². The van der Waals surface area contributed by atoms with Gasteiger partial charge in [0.15, 0.2) is 0 Å². The van der Waals surface area contributed by atoms with Gasteiger partial charge in [-0.1, -0.05) is 55.0 Å². The van der Waals surface area contributed by atoms with Crippen molar-refractivity contribution in [2.75, 3.05) is 17.7 Å². The van der Waals surface area contributed by atoms with Crippen LogP contribution < -0.4 is 5.32 Å². The van der Waals surface area contributed by atoms with Crippen LogP contribution in [0.4, 0.5) is 10.5 Å². The van der Waals surface area contributed by atoms with Crippen LogP contribution in [0.2, 0.25) is 0 Å². The number of phenolic OH excluding ortho intramolecular Hbond substituents is 1. The van der Waals surface area contributed by atoms with Gasteiger partial charge in [0, 0.05) is 22.6 Å². The number of phenols is 1. The summed E-state index contributed by atoms with van der Waals surface area (Å²) in [6, 6.07) is 18.2. The van der Waals surface area contributed by atoms with Crippen molar-refractivity contribution in [2.45, 2.75) is 26.4 Å². The maximum absolute atomic E-state index is 12.7. The third-order valence-corrected chi connectivity index (χ3v) is 5.51. The standard InChI is InChI=1S/C25H27NO5S/c1-16-7-9-18(10-8-16)26-25(29)31-24(17(2)13-14-30-23(28)15-32)21-11-12-22(27)20-6-4-3-5-19(20)21/h3-12,17,24,27,32H,13-15H2,1-2H3,(H,26,29)/t17-,24-/m1/s1. The number of fused-ring (bicyclic) bond motifs is 1. The third-order valence-electron chi connectivity index (χ3n) is 5.26. The summed E-state index contributed by atoms with van der Waals surface area (Å²) in [5, 5.41) is 14.5. The minimum absolute atomic E-state index is 0.00979. The first-order chi connectivity index (χ1) is 15.4. The second kappa shape index (κ2) is 10.9. The highest BCUT2D eigenvalue weighted by atomic mass is 32.1. The molecule has 0 bridgehead atoms. The lowest BCUT2D eigenvalue weighted by molar-refractivity contribution is -0.141. The number of amides is 1. The van der Waals surface area contributed by atoms with E-state index in [2.05, 4.69) is 17.9 Å². The smallest absolute Gasteiger partial charge is 0.412 e. The number of esters is 1. The van der Waals surface area contributed by atoms with E-state index >= 15 is 0 Å². The van der Waals surface area contributed by atoms with Gasteiger partial charge >= 0.3 is 12.1 Å². The number of hydrogen-bond acceptors (Lipinski definition) is 6. The Morgan fingerprint density at radius 2 is 1.72 bits per heavy atom. The molecule has 6 nitrogen and oxygen atoms in total. The molecule has 0 aromatic heterocycles. The highest BCUT2D eigenvalue weighted by Crippen LogP contribution is 2.37. The number of nitrogens with one attached hydrogen (secondary N) is 1. The van der Waals surface area contributed by atoms with E-state index in [4.69, 9.17) is 9.47 Å². The molecule has 0 aliphatic rings. The number of hydrogen-bond donors (Lipinski definition) is 3. The Labute approximate surface area is 193 Å². The number of rotatable bonds is 8. The van der Waals surface area contributed by atoms with Gasteiger partial charge in [-0.2, -0.15) is 12.6 Å². The van der Waals surface area contributed by atoms with Gasteiger partial charge in [-0.3, -0.25) is 10.1 Å². The molecular formula is C25H27NO5S. The summed E-state index contributed by atoms with van der Waals surface area (Å²) in [6.07, 6.45) is -0.729. The molecule has 3 aromatic rings. The molecule has 0 saturated heterocycles. The molecule has 168 valence electrons. The third kappa shape index (κ3) is 5.95. The lowest BCUT2D eigenvalue weighted by atomic mass is 9.90. The first-order valence-electron chi connectivity index (χ1n) is 10.4. The zero-order valence-corrected chi connectivity index (χ0v) is 19.0. The number of carbonyl (C=O) groups is 2. The Bertz CT molecular complexity index is 1080. The molecule has 0 aliphatic heterocycles. The molecule has 3 rings (SSSR count). The number of aryl methyl sites for hydroxylation is 1. The SMILES string of the molecule is Cc1ccc(NC(=O)O[C@@H](c2ccc(O)c3ccccc23)[C@H](C)CCOC(=O)CS)cc1. The molecule has 0 aliphatic carbocycles. The van der Waals surface area contributed by atoms with Crippen molar-refractivity contribution in [3.8, 4) is 5.75 Å². The fourth-order valence-corrected chi connectivity index (χ4v) is 3.59. The lowest BCUT2D eigenvalue weighted by Gasteiger charge is -2.26. The highest BCUT2D eigenvalue weighted by Gasteiger charge is 2.26. The number of thiol groups is 1. The van der Waals surface area contributed by atoms with E-state index in [1.165, 1.54) is 0 Å². The average Bonchev–Trinajstić information content (AvgIpc) is 2.79. The van der Waals surface area contributed by atoms with Gasteiger partial charge in [0.05, 0.1) is 12.4 Å². The lowest BCUT2D eigenvalue weighted by Crippen LogP contribution is -2.23. The fourth-order valence-electron chi connectivity index (χ4n) is 3.50. The van der Waals surface area contributed by atoms with Gasteiger partial charge < -0.3 is 14.6 Å². The van der Waals surface area contributed by atoms with E-state index in [9.17, 15) is 14.7 Å². The Morgan fingerprint density at radius 3 is 2.41 bits per heavy atom. The molecule has 2 N–H and O–H groups in total. The molecule has 0 spiro atoms. The molecule has 0 heterocycles. The van der Waals surface area contributed by atoms with Gasteiger partial charge in [0.2, 0.25) is 0 Å². The summed E-state index contributed by atoms with van der Waals surface area (Å²) in [6.45, 7) is 4.09. The van der Waals surface area contributed by atoms with Crippen LogP contribution >= 0.6 is 12.6 Å².